The number of halogens is 9. The summed E-state index contributed by atoms with van der Waals surface area (Å²) < 4.78 is 172. The Hall–Kier alpha value is -5.27. The highest BCUT2D eigenvalue weighted by atomic mass is 35.5. The van der Waals surface area contributed by atoms with Gasteiger partial charge < -0.3 is 11.1 Å². The second-order valence-corrected chi connectivity index (χ2v) is 21.7. The molecule has 3 saturated carbocycles. The van der Waals surface area contributed by atoms with Crippen molar-refractivity contribution in [3.05, 3.63) is 87.3 Å². The average Bonchev–Trinajstić information content (AvgIpc) is 4.14. The van der Waals surface area contributed by atoms with E-state index < -0.39 is 120 Å². The van der Waals surface area contributed by atoms with Crippen molar-refractivity contribution in [2.24, 2.45) is 17.8 Å². The highest BCUT2D eigenvalue weighted by Crippen LogP contribution is 2.46. The van der Waals surface area contributed by atoms with E-state index in [0.29, 0.717) is 31.7 Å². The third-order valence-electron chi connectivity index (χ3n) is 11.2. The number of hydrogen-bond donors (Lipinski definition) is 3. The summed E-state index contributed by atoms with van der Waals surface area (Å²) in [5.74, 6) is -6.45. The zero-order valence-corrected chi connectivity index (χ0v) is 37.0. The Labute approximate surface area is 373 Å². The van der Waals surface area contributed by atoms with Gasteiger partial charge >= 0.3 is 0 Å². The zero-order valence-electron chi connectivity index (χ0n) is 34.6. The molecular weight excluding hydrogens is 934 g/mol. The summed E-state index contributed by atoms with van der Waals surface area (Å²) in [6.45, 7) is 1.46. The molecule has 3 fully saturated rings. The zero-order chi connectivity index (χ0) is 47.6. The van der Waals surface area contributed by atoms with Crippen LogP contribution >= 0.6 is 11.6 Å². The largest absolute Gasteiger partial charge is 0.397 e. The first-order valence-electron chi connectivity index (χ1n) is 20.0. The fourth-order valence-electron chi connectivity index (χ4n) is 7.52. The number of alkyl halides is 6. The van der Waals surface area contributed by atoms with Gasteiger partial charge in [-0.15, -0.1) is 0 Å². The Morgan fingerprint density at radius 1 is 0.969 bits per heavy atom. The third-order valence-corrected chi connectivity index (χ3v) is 16.2. The van der Waals surface area contributed by atoms with Gasteiger partial charge in [0.1, 0.15) is 34.3 Å². The standard InChI is InChI=1S/C42H40ClF8N7O5S2/c1-40(2,64(60,61)25-5-6-25)13-12-24-4-9-27(28-10-11-29(43)32-36(28)58(3)56-39(32)57-65(62,63)26-7-8-26)35(54-24)30(18-21-16-22(44)19-23(45)17-21)55-31(59)20-53-37-33(34(52)38(46)47)41(48,49)14-15-42(37,50)51/h4,9-11,16-17,19,25-26,30,38H,5-8,14-15,18,20,52H2,1-3H3,(H,55,59)(H,56,57)/b34-33+,53-37?/t30-/m0/s1. The monoisotopic (exact) mass is 973 g/mol. The Bertz CT molecular complexity index is 2940. The van der Waals surface area contributed by atoms with Gasteiger partial charge in [-0.3, -0.25) is 19.2 Å². The summed E-state index contributed by atoms with van der Waals surface area (Å²) in [5, 5.41) is 5.84. The maximum absolute atomic E-state index is 15.2. The summed E-state index contributed by atoms with van der Waals surface area (Å²) in [6.07, 6.45) is -5.57. The van der Waals surface area contributed by atoms with Crippen LogP contribution in [0.4, 0.5) is 40.9 Å². The Kier molecular flexibility index (Phi) is 12.6. The summed E-state index contributed by atoms with van der Waals surface area (Å²) in [7, 11) is -6.13. The second-order valence-electron chi connectivity index (χ2n) is 16.6. The molecule has 4 N–H and O–H groups in total. The van der Waals surface area contributed by atoms with Crippen LogP contribution in [0.1, 0.15) is 75.4 Å². The molecule has 0 unspecified atom stereocenters. The maximum Gasteiger partial charge on any atom is 0.290 e. The van der Waals surface area contributed by atoms with E-state index in [1.807, 2.05) is 0 Å². The highest BCUT2D eigenvalue weighted by molar-refractivity contribution is 7.94. The number of carbonyl (C=O) groups is 1. The molecule has 0 bridgehead atoms. The number of hydrogen-bond acceptors (Lipinski definition) is 9. The predicted octanol–water partition coefficient (Wildman–Crippen LogP) is 7.56. The number of nitrogens with two attached hydrogens (primary N) is 1. The fourth-order valence-corrected chi connectivity index (χ4v) is 10.9. The lowest BCUT2D eigenvalue weighted by atomic mass is 9.84. The van der Waals surface area contributed by atoms with Crippen molar-refractivity contribution >= 4 is 59.8 Å². The van der Waals surface area contributed by atoms with Gasteiger partial charge in [0.25, 0.3) is 18.3 Å². The SMILES string of the molecule is Cn1nc(NS(=O)(=O)C2CC2)c2c(Cl)ccc(-c3ccc(C#CC(C)(C)S(=O)(=O)C4CC4)nc3[C@H](Cc3cc(F)cc(F)c3)NC(=O)CN=C3/C(=C(\N)C(F)F)C(F)(F)CCC3(F)F)c21. The van der Waals surface area contributed by atoms with E-state index in [9.17, 15) is 48.0 Å². The molecule has 3 aliphatic carbocycles. The summed E-state index contributed by atoms with van der Waals surface area (Å²) in [5.41, 5.74) is -0.111. The maximum atomic E-state index is 15.2. The number of aryl methyl sites for hydroxylation is 1. The fraction of sp³-hybridized carbons (Fsp3) is 0.429. The van der Waals surface area contributed by atoms with Crippen LogP contribution in [0.2, 0.25) is 5.02 Å². The number of sulfone groups is 1. The van der Waals surface area contributed by atoms with E-state index in [0.717, 1.165) is 12.1 Å². The third kappa shape index (κ3) is 9.82. The molecule has 348 valence electrons. The van der Waals surface area contributed by atoms with Crippen LogP contribution < -0.4 is 15.8 Å². The van der Waals surface area contributed by atoms with Crippen molar-refractivity contribution in [2.45, 2.75) is 98.4 Å². The van der Waals surface area contributed by atoms with Crippen LogP contribution in [0.5, 0.6) is 0 Å². The highest BCUT2D eigenvalue weighted by Gasteiger charge is 2.55. The molecule has 0 spiro atoms. The Balaban J connectivity index is 1.40. The molecule has 2 aromatic carbocycles. The van der Waals surface area contributed by atoms with Gasteiger partial charge in [0, 0.05) is 37.1 Å². The number of aliphatic imine (C=N–C) groups is 1. The summed E-state index contributed by atoms with van der Waals surface area (Å²) in [6, 6.07) is 6.66. The van der Waals surface area contributed by atoms with Crippen molar-refractivity contribution in [1.82, 2.24) is 20.1 Å². The van der Waals surface area contributed by atoms with E-state index in [4.69, 9.17) is 17.3 Å². The van der Waals surface area contributed by atoms with Gasteiger partial charge in [-0.1, -0.05) is 23.6 Å². The minimum Gasteiger partial charge on any atom is -0.397 e. The molecule has 12 nitrogen and oxygen atoms in total. The Morgan fingerprint density at radius 2 is 1.58 bits per heavy atom. The van der Waals surface area contributed by atoms with Gasteiger partial charge in [-0.25, -0.2) is 48.2 Å². The van der Waals surface area contributed by atoms with E-state index in [1.165, 1.54) is 49.8 Å². The van der Waals surface area contributed by atoms with Crippen LogP contribution in [-0.2, 0) is 38.1 Å². The van der Waals surface area contributed by atoms with E-state index in [2.05, 4.69) is 37.0 Å². The molecule has 2 heterocycles. The quantitative estimate of drug-likeness (QED) is 0.0908. The van der Waals surface area contributed by atoms with Gasteiger partial charge in [0.15, 0.2) is 15.7 Å². The molecule has 7 rings (SSSR count). The first-order valence-corrected chi connectivity index (χ1v) is 23.5. The summed E-state index contributed by atoms with van der Waals surface area (Å²) in [4.78, 5) is 21.9. The average molecular weight is 974 g/mol. The molecule has 0 aliphatic heterocycles. The van der Waals surface area contributed by atoms with Gasteiger partial charge in [0.05, 0.1) is 49.4 Å². The first kappa shape index (κ1) is 47.7. The van der Waals surface area contributed by atoms with Gasteiger partial charge in [-0.05, 0) is 87.8 Å². The van der Waals surface area contributed by atoms with Crippen molar-refractivity contribution in [3.8, 4) is 23.0 Å². The van der Waals surface area contributed by atoms with Gasteiger partial charge in [-0.2, -0.15) is 13.9 Å². The van der Waals surface area contributed by atoms with Crippen molar-refractivity contribution < 1.29 is 56.8 Å². The smallest absolute Gasteiger partial charge is 0.290 e. The van der Waals surface area contributed by atoms with E-state index in [-0.39, 0.29) is 49.8 Å². The number of pyridine rings is 1. The molecule has 1 atom stereocenters. The van der Waals surface area contributed by atoms with Crippen molar-refractivity contribution in [1.29, 1.82) is 0 Å². The number of aromatic nitrogens is 3. The van der Waals surface area contributed by atoms with Crippen LogP contribution in [0.15, 0.2) is 58.7 Å². The molecule has 2 aromatic heterocycles. The van der Waals surface area contributed by atoms with Crippen LogP contribution in [0, 0.1) is 23.5 Å². The van der Waals surface area contributed by atoms with Crippen LogP contribution in [0.25, 0.3) is 22.0 Å². The summed E-state index contributed by atoms with van der Waals surface area (Å²) >= 11 is 6.66. The lowest BCUT2D eigenvalue weighted by Crippen LogP contribution is -2.46. The second kappa shape index (κ2) is 17.2. The minimum atomic E-state index is -4.26. The van der Waals surface area contributed by atoms with Crippen molar-refractivity contribution in [2.75, 3.05) is 11.3 Å². The predicted molar refractivity (Wildman–Crippen MR) is 227 cm³/mol. The molecule has 4 aromatic rings. The number of benzene rings is 2. The normalized spacial score (nSPS) is 19.5. The molecule has 1 amide bonds. The number of rotatable bonds is 13. The number of amides is 1. The molecule has 0 radical (unpaired) electrons. The lowest BCUT2D eigenvalue weighted by Gasteiger charge is -2.33. The molecular formula is C42H40ClF8N7O5S2. The lowest BCUT2D eigenvalue weighted by molar-refractivity contribution is -0.120. The number of sulfonamides is 1. The van der Waals surface area contributed by atoms with Gasteiger partial charge in [0.2, 0.25) is 15.9 Å². The first-order chi connectivity index (χ1) is 30.2. The number of fused-ring (bicyclic) bond motifs is 1. The molecule has 23 heteroatoms. The number of nitrogens with zero attached hydrogens (tertiary/aromatic N) is 4. The minimum absolute atomic E-state index is 0.0617. The van der Waals surface area contributed by atoms with E-state index >= 15 is 8.78 Å². The topological polar surface area (TPSA) is 179 Å². The van der Waals surface area contributed by atoms with E-state index in [1.54, 1.807) is 0 Å². The number of allylic oxidation sites excluding steroid dienone is 2. The molecule has 65 heavy (non-hydrogen) atoms. The number of nitrogens with one attached hydrogen (secondary N) is 2. The number of carbonyl (C=O) groups excluding carboxylic acids is 1. The van der Waals surface area contributed by atoms with Crippen LogP contribution in [0.3, 0.4) is 0 Å². The molecule has 0 saturated heterocycles. The van der Waals surface area contributed by atoms with Crippen LogP contribution in [-0.4, -0.2) is 83.3 Å². The molecule has 3 aliphatic rings. The number of anilines is 1. The Morgan fingerprint density at radius 3 is 2.20 bits per heavy atom. The van der Waals surface area contributed by atoms with Crippen molar-refractivity contribution in [3.63, 3.8) is 0 Å².